The first-order valence-corrected chi connectivity index (χ1v) is 9.18. The Labute approximate surface area is 133 Å². The summed E-state index contributed by atoms with van der Waals surface area (Å²) in [5.41, 5.74) is 1.46. The molecule has 0 spiro atoms. The first kappa shape index (κ1) is 18.3. The average Bonchev–Trinajstić information content (AvgIpc) is 2.50. The smallest absolute Gasteiger partial charge is 0.0219 e. The molecule has 0 aromatic heterocycles. The molecule has 21 heavy (non-hydrogen) atoms. The SMILES string of the molecule is CCCCCCCCCCCC[C](C)Cc1ccccc1. The second-order valence-corrected chi connectivity index (χ2v) is 6.55. The second-order valence-electron chi connectivity index (χ2n) is 6.55. The van der Waals surface area contributed by atoms with E-state index in [1.165, 1.54) is 76.2 Å². The molecule has 0 amide bonds. The molecule has 1 aromatic rings. The van der Waals surface area contributed by atoms with Crippen LogP contribution in [0.1, 0.15) is 90.0 Å². The first-order valence-electron chi connectivity index (χ1n) is 9.18. The largest absolute Gasteiger partial charge is 0.0654 e. The van der Waals surface area contributed by atoms with Gasteiger partial charge in [0.1, 0.15) is 0 Å². The lowest BCUT2D eigenvalue weighted by Gasteiger charge is -2.10. The van der Waals surface area contributed by atoms with Crippen molar-refractivity contribution in [2.24, 2.45) is 0 Å². The monoisotopic (exact) mass is 287 g/mol. The van der Waals surface area contributed by atoms with Crippen LogP contribution in [-0.4, -0.2) is 0 Å². The Morgan fingerprint density at radius 1 is 0.714 bits per heavy atom. The van der Waals surface area contributed by atoms with Crippen molar-refractivity contribution in [3.8, 4) is 0 Å². The lowest BCUT2D eigenvalue weighted by Crippen LogP contribution is -1.97. The fraction of sp³-hybridized carbons (Fsp3) is 0.667. The predicted molar refractivity (Wildman–Crippen MR) is 95.5 cm³/mol. The molecule has 0 heterocycles. The van der Waals surface area contributed by atoms with Crippen molar-refractivity contribution in [1.82, 2.24) is 0 Å². The van der Waals surface area contributed by atoms with Crippen LogP contribution >= 0.6 is 0 Å². The van der Waals surface area contributed by atoms with E-state index in [1.54, 1.807) is 5.92 Å². The lowest BCUT2D eigenvalue weighted by molar-refractivity contribution is 0.549. The minimum absolute atomic E-state index is 1.16. The summed E-state index contributed by atoms with van der Waals surface area (Å²) < 4.78 is 0. The maximum Gasteiger partial charge on any atom is -0.0219 e. The van der Waals surface area contributed by atoms with Crippen LogP contribution < -0.4 is 0 Å². The normalized spacial score (nSPS) is 11.2. The molecular formula is C21H35. The fourth-order valence-electron chi connectivity index (χ4n) is 2.95. The van der Waals surface area contributed by atoms with E-state index in [0.717, 1.165) is 6.42 Å². The highest BCUT2D eigenvalue weighted by Gasteiger charge is 2.03. The summed E-state index contributed by atoms with van der Waals surface area (Å²) in [7, 11) is 0. The van der Waals surface area contributed by atoms with Gasteiger partial charge in [-0.25, -0.2) is 0 Å². The van der Waals surface area contributed by atoms with Crippen LogP contribution in [0, 0.1) is 5.92 Å². The van der Waals surface area contributed by atoms with Gasteiger partial charge in [0.05, 0.1) is 0 Å². The maximum atomic E-state index is 2.32. The van der Waals surface area contributed by atoms with Crippen molar-refractivity contribution in [2.45, 2.75) is 90.9 Å². The Hall–Kier alpha value is -0.780. The highest BCUT2D eigenvalue weighted by molar-refractivity contribution is 5.18. The van der Waals surface area contributed by atoms with Gasteiger partial charge in [0.15, 0.2) is 0 Å². The summed E-state index contributed by atoms with van der Waals surface area (Å²) in [5.74, 6) is 1.64. The van der Waals surface area contributed by atoms with Gasteiger partial charge in [0, 0.05) is 0 Å². The number of rotatable bonds is 13. The van der Waals surface area contributed by atoms with E-state index in [-0.39, 0.29) is 0 Å². The van der Waals surface area contributed by atoms with Crippen molar-refractivity contribution >= 4 is 0 Å². The van der Waals surface area contributed by atoms with E-state index in [0.29, 0.717) is 0 Å². The Bertz CT molecular complexity index is 314. The molecule has 0 saturated carbocycles. The van der Waals surface area contributed by atoms with Gasteiger partial charge < -0.3 is 0 Å². The molecule has 0 nitrogen and oxygen atoms in total. The summed E-state index contributed by atoms with van der Waals surface area (Å²) in [6.45, 7) is 4.61. The third-order valence-electron chi connectivity index (χ3n) is 4.31. The van der Waals surface area contributed by atoms with Crippen LogP contribution in [0.25, 0.3) is 0 Å². The third-order valence-corrected chi connectivity index (χ3v) is 4.31. The van der Waals surface area contributed by atoms with Crippen molar-refractivity contribution in [1.29, 1.82) is 0 Å². The molecule has 0 aliphatic heterocycles. The van der Waals surface area contributed by atoms with Crippen LogP contribution in [0.5, 0.6) is 0 Å². The summed E-state index contributed by atoms with van der Waals surface area (Å²) in [6, 6.07) is 10.9. The van der Waals surface area contributed by atoms with Gasteiger partial charge in [-0.05, 0) is 24.3 Å². The second kappa shape index (κ2) is 12.9. The predicted octanol–water partition coefficient (Wildman–Crippen LogP) is 7.13. The molecular weight excluding hydrogens is 252 g/mol. The van der Waals surface area contributed by atoms with Gasteiger partial charge >= 0.3 is 0 Å². The van der Waals surface area contributed by atoms with Crippen molar-refractivity contribution in [3.63, 3.8) is 0 Å². The van der Waals surface area contributed by atoms with Gasteiger partial charge in [-0.15, -0.1) is 0 Å². The van der Waals surface area contributed by atoms with E-state index < -0.39 is 0 Å². The zero-order valence-electron chi connectivity index (χ0n) is 14.4. The zero-order chi connectivity index (χ0) is 15.2. The third kappa shape index (κ3) is 10.6. The standard InChI is InChI=1S/C21H35/c1-3-4-5-6-7-8-9-10-11-13-16-20(2)19-21-17-14-12-15-18-21/h12,14-15,17-18H,3-11,13,16,19H2,1-2H3. The average molecular weight is 288 g/mol. The molecule has 0 unspecified atom stereocenters. The van der Waals surface area contributed by atoms with Gasteiger partial charge in [-0.2, -0.15) is 0 Å². The summed E-state index contributed by atoms with van der Waals surface area (Å²) >= 11 is 0. The minimum atomic E-state index is 1.16. The first-order chi connectivity index (χ1) is 10.3. The lowest BCUT2D eigenvalue weighted by atomic mass is 9.95. The molecule has 1 aromatic carbocycles. The van der Waals surface area contributed by atoms with Gasteiger partial charge in [0.2, 0.25) is 0 Å². The van der Waals surface area contributed by atoms with Crippen LogP contribution in [0.3, 0.4) is 0 Å². The van der Waals surface area contributed by atoms with Crippen molar-refractivity contribution < 1.29 is 0 Å². The fourth-order valence-corrected chi connectivity index (χ4v) is 2.95. The van der Waals surface area contributed by atoms with Crippen LogP contribution in [-0.2, 0) is 6.42 Å². The van der Waals surface area contributed by atoms with Gasteiger partial charge in [0.25, 0.3) is 0 Å². The van der Waals surface area contributed by atoms with Crippen molar-refractivity contribution in [3.05, 3.63) is 41.8 Å². The van der Waals surface area contributed by atoms with Gasteiger partial charge in [-0.3, -0.25) is 0 Å². The highest BCUT2D eigenvalue weighted by Crippen LogP contribution is 2.18. The number of hydrogen-bond acceptors (Lipinski definition) is 0. The van der Waals surface area contributed by atoms with E-state index in [9.17, 15) is 0 Å². The molecule has 0 aliphatic carbocycles. The van der Waals surface area contributed by atoms with E-state index in [1.807, 2.05) is 0 Å². The molecule has 119 valence electrons. The highest BCUT2D eigenvalue weighted by atomic mass is 14.1. The molecule has 0 saturated heterocycles. The van der Waals surface area contributed by atoms with E-state index in [4.69, 9.17) is 0 Å². The zero-order valence-corrected chi connectivity index (χ0v) is 14.4. The molecule has 0 heteroatoms. The molecule has 1 radical (unpaired) electrons. The molecule has 0 bridgehead atoms. The van der Waals surface area contributed by atoms with Crippen LogP contribution in [0.2, 0.25) is 0 Å². The Kier molecular flexibility index (Phi) is 11.2. The summed E-state index contributed by atoms with van der Waals surface area (Å²) in [5, 5.41) is 0. The number of unbranched alkanes of at least 4 members (excludes halogenated alkanes) is 9. The topological polar surface area (TPSA) is 0 Å². The quantitative estimate of drug-likeness (QED) is 0.338. The van der Waals surface area contributed by atoms with E-state index in [2.05, 4.69) is 44.2 Å². The molecule has 0 fully saturated rings. The van der Waals surface area contributed by atoms with Crippen LogP contribution in [0.4, 0.5) is 0 Å². The van der Waals surface area contributed by atoms with E-state index >= 15 is 0 Å². The summed E-state index contributed by atoms with van der Waals surface area (Å²) in [4.78, 5) is 0. The molecule has 0 N–H and O–H groups in total. The number of benzene rings is 1. The Balaban J connectivity index is 1.87. The Morgan fingerprint density at radius 3 is 1.81 bits per heavy atom. The van der Waals surface area contributed by atoms with Crippen LogP contribution in [0.15, 0.2) is 30.3 Å². The maximum absolute atomic E-state index is 2.32. The van der Waals surface area contributed by atoms with Crippen molar-refractivity contribution in [2.75, 3.05) is 0 Å². The molecule has 0 aliphatic rings. The molecule has 0 atom stereocenters. The number of hydrogen-bond donors (Lipinski definition) is 0. The molecule has 1 rings (SSSR count). The minimum Gasteiger partial charge on any atom is -0.0654 e. The van der Waals surface area contributed by atoms with Gasteiger partial charge in [-0.1, -0.05) is 108 Å². The summed E-state index contributed by atoms with van der Waals surface area (Å²) in [6.07, 6.45) is 16.8. The Morgan fingerprint density at radius 2 is 1.24 bits per heavy atom.